The van der Waals surface area contributed by atoms with Crippen molar-refractivity contribution < 1.29 is 4.79 Å². The Morgan fingerprint density at radius 2 is 2.43 bits per heavy atom. The highest BCUT2D eigenvalue weighted by atomic mass is 16.1. The van der Waals surface area contributed by atoms with Crippen molar-refractivity contribution in [2.24, 2.45) is 11.7 Å². The second-order valence-corrected chi connectivity index (χ2v) is 4.48. The van der Waals surface area contributed by atoms with Crippen molar-refractivity contribution in [2.75, 3.05) is 0 Å². The number of terminal acetylenes is 1. The monoisotopic (exact) mass is 193 g/mol. The molecule has 0 spiro atoms. The number of ketones is 1. The summed E-state index contributed by atoms with van der Waals surface area (Å²) in [6.07, 6.45) is 10.0. The van der Waals surface area contributed by atoms with Crippen LogP contribution in [0.3, 0.4) is 0 Å². The molecule has 0 aromatic rings. The molecule has 0 radical (unpaired) electrons. The van der Waals surface area contributed by atoms with E-state index in [2.05, 4.69) is 12.8 Å². The lowest BCUT2D eigenvalue weighted by molar-refractivity contribution is -0.125. The minimum atomic E-state index is -0.575. The van der Waals surface area contributed by atoms with Gasteiger partial charge in [-0.05, 0) is 18.8 Å². The normalized spacial score (nSPS) is 32.2. The van der Waals surface area contributed by atoms with Crippen LogP contribution < -0.4 is 5.73 Å². The summed E-state index contributed by atoms with van der Waals surface area (Å²) in [6, 6.07) is 0. The summed E-state index contributed by atoms with van der Waals surface area (Å²) < 4.78 is 0. The minimum absolute atomic E-state index is 0.155. The molecule has 0 amide bonds. The molecule has 2 unspecified atom stereocenters. The zero-order valence-corrected chi connectivity index (χ0v) is 8.88. The van der Waals surface area contributed by atoms with Crippen LogP contribution in [0.1, 0.15) is 45.4 Å². The maximum Gasteiger partial charge on any atom is 0.153 e. The molecule has 1 aliphatic rings. The van der Waals surface area contributed by atoms with E-state index in [4.69, 9.17) is 12.2 Å². The molecule has 1 fully saturated rings. The number of carbonyl (C=O) groups is 1. The smallest absolute Gasteiger partial charge is 0.153 e. The Morgan fingerprint density at radius 3 is 3.00 bits per heavy atom. The highest BCUT2D eigenvalue weighted by Crippen LogP contribution is 2.31. The molecule has 2 nitrogen and oxygen atoms in total. The minimum Gasteiger partial charge on any atom is -0.319 e. The fourth-order valence-corrected chi connectivity index (χ4v) is 2.28. The predicted molar refractivity (Wildman–Crippen MR) is 57.6 cm³/mol. The molecule has 0 heterocycles. The number of hydrogen-bond acceptors (Lipinski definition) is 2. The van der Waals surface area contributed by atoms with Crippen molar-refractivity contribution >= 4 is 5.78 Å². The van der Waals surface area contributed by atoms with Crippen LogP contribution in [0.5, 0.6) is 0 Å². The zero-order valence-electron chi connectivity index (χ0n) is 8.88. The first-order chi connectivity index (χ1) is 6.58. The van der Waals surface area contributed by atoms with E-state index in [-0.39, 0.29) is 5.78 Å². The van der Waals surface area contributed by atoms with Gasteiger partial charge in [-0.25, -0.2) is 0 Å². The Bertz CT molecular complexity index is 254. The van der Waals surface area contributed by atoms with Crippen LogP contribution in [0, 0.1) is 18.3 Å². The SMILES string of the molecule is C#CCCC(=O)C1(N)CCCC(C)C1. The standard InChI is InChI=1S/C12H19NO/c1-3-4-7-11(14)12(13)8-5-6-10(2)9-12/h1,10H,4-9,13H2,2H3. The summed E-state index contributed by atoms with van der Waals surface area (Å²) in [5.74, 6) is 3.22. The zero-order chi connectivity index (χ0) is 10.6. The molecule has 1 saturated carbocycles. The van der Waals surface area contributed by atoms with Gasteiger partial charge in [-0.1, -0.05) is 19.8 Å². The fourth-order valence-electron chi connectivity index (χ4n) is 2.28. The van der Waals surface area contributed by atoms with E-state index in [1.807, 2.05) is 0 Å². The molecule has 1 aliphatic carbocycles. The van der Waals surface area contributed by atoms with E-state index in [1.54, 1.807) is 0 Å². The first kappa shape index (κ1) is 11.3. The summed E-state index contributed by atoms with van der Waals surface area (Å²) in [6.45, 7) is 2.16. The molecular weight excluding hydrogens is 174 g/mol. The molecule has 1 rings (SSSR count). The maximum absolute atomic E-state index is 11.8. The van der Waals surface area contributed by atoms with Gasteiger partial charge in [-0.3, -0.25) is 4.79 Å². The molecule has 2 atom stereocenters. The first-order valence-electron chi connectivity index (χ1n) is 5.34. The van der Waals surface area contributed by atoms with Crippen LogP contribution in [0.2, 0.25) is 0 Å². The lowest BCUT2D eigenvalue weighted by Gasteiger charge is -2.35. The molecular formula is C12H19NO. The van der Waals surface area contributed by atoms with Gasteiger partial charge in [-0.15, -0.1) is 12.3 Å². The molecule has 2 N–H and O–H groups in total. The van der Waals surface area contributed by atoms with Crippen LogP contribution in [-0.4, -0.2) is 11.3 Å². The van der Waals surface area contributed by atoms with Crippen molar-refractivity contribution in [1.29, 1.82) is 0 Å². The molecule has 14 heavy (non-hydrogen) atoms. The largest absolute Gasteiger partial charge is 0.319 e. The topological polar surface area (TPSA) is 43.1 Å². The molecule has 2 heteroatoms. The lowest BCUT2D eigenvalue weighted by atomic mass is 9.74. The fraction of sp³-hybridized carbons (Fsp3) is 0.750. The Labute approximate surface area is 86.2 Å². The van der Waals surface area contributed by atoms with E-state index in [0.29, 0.717) is 18.8 Å². The number of Topliss-reactive ketones (excluding diaryl/α,β-unsaturated/α-hetero) is 1. The van der Waals surface area contributed by atoms with Gasteiger partial charge >= 0.3 is 0 Å². The predicted octanol–water partition coefficient (Wildman–Crippen LogP) is 1.88. The van der Waals surface area contributed by atoms with E-state index in [0.717, 1.165) is 19.3 Å². The van der Waals surface area contributed by atoms with Crippen molar-refractivity contribution in [3.05, 3.63) is 0 Å². The second-order valence-electron chi connectivity index (χ2n) is 4.48. The Hall–Kier alpha value is -0.810. The lowest BCUT2D eigenvalue weighted by Crippen LogP contribution is -2.50. The van der Waals surface area contributed by atoms with Gasteiger partial charge in [0, 0.05) is 12.8 Å². The van der Waals surface area contributed by atoms with E-state index in [1.165, 1.54) is 6.42 Å². The summed E-state index contributed by atoms with van der Waals surface area (Å²) in [5, 5.41) is 0. The molecule has 0 aromatic heterocycles. The Kier molecular flexibility index (Phi) is 3.71. The molecule has 0 saturated heterocycles. The Morgan fingerprint density at radius 1 is 1.71 bits per heavy atom. The van der Waals surface area contributed by atoms with Crippen molar-refractivity contribution in [3.63, 3.8) is 0 Å². The van der Waals surface area contributed by atoms with Crippen LogP contribution in [-0.2, 0) is 4.79 Å². The van der Waals surface area contributed by atoms with E-state index >= 15 is 0 Å². The van der Waals surface area contributed by atoms with Crippen LogP contribution in [0.25, 0.3) is 0 Å². The quantitative estimate of drug-likeness (QED) is 0.695. The Balaban J connectivity index is 2.55. The molecule has 0 aliphatic heterocycles. The number of hydrogen-bond donors (Lipinski definition) is 1. The highest BCUT2D eigenvalue weighted by molar-refractivity contribution is 5.88. The third kappa shape index (κ3) is 2.59. The third-order valence-corrected chi connectivity index (χ3v) is 3.08. The number of nitrogens with two attached hydrogens (primary N) is 1. The molecule has 0 aromatic carbocycles. The van der Waals surface area contributed by atoms with Gasteiger partial charge in [0.05, 0.1) is 5.54 Å². The van der Waals surface area contributed by atoms with Gasteiger partial charge < -0.3 is 5.73 Å². The first-order valence-corrected chi connectivity index (χ1v) is 5.34. The number of carbonyl (C=O) groups excluding carboxylic acids is 1. The van der Waals surface area contributed by atoms with Crippen molar-refractivity contribution in [2.45, 2.75) is 51.0 Å². The van der Waals surface area contributed by atoms with Gasteiger partial charge in [0.15, 0.2) is 5.78 Å². The molecule has 0 bridgehead atoms. The van der Waals surface area contributed by atoms with Gasteiger partial charge in [0.2, 0.25) is 0 Å². The van der Waals surface area contributed by atoms with Crippen molar-refractivity contribution in [1.82, 2.24) is 0 Å². The summed E-state index contributed by atoms with van der Waals surface area (Å²) in [5.41, 5.74) is 5.54. The number of rotatable bonds is 3. The summed E-state index contributed by atoms with van der Waals surface area (Å²) in [4.78, 5) is 11.8. The van der Waals surface area contributed by atoms with E-state index in [9.17, 15) is 4.79 Å². The maximum atomic E-state index is 11.8. The highest BCUT2D eigenvalue weighted by Gasteiger charge is 2.36. The summed E-state index contributed by atoms with van der Waals surface area (Å²) in [7, 11) is 0. The van der Waals surface area contributed by atoms with Gasteiger partial charge in [0.1, 0.15) is 0 Å². The van der Waals surface area contributed by atoms with Gasteiger partial charge in [0.25, 0.3) is 0 Å². The third-order valence-electron chi connectivity index (χ3n) is 3.08. The average molecular weight is 193 g/mol. The van der Waals surface area contributed by atoms with Gasteiger partial charge in [-0.2, -0.15) is 0 Å². The summed E-state index contributed by atoms with van der Waals surface area (Å²) >= 11 is 0. The van der Waals surface area contributed by atoms with Crippen LogP contribution in [0.15, 0.2) is 0 Å². The second kappa shape index (κ2) is 4.61. The van der Waals surface area contributed by atoms with Crippen molar-refractivity contribution in [3.8, 4) is 12.3 Å². The average Bonchev–Trinajstić information content (AvgIpc) is 2.13. The van der Waals surface area contributed by atoms with Crippen LogP contribution in [0.4, 0.5) is 0 Å². The van der Waals surface area contributed by atoms with Crippen LogP contribution >= 0.6 is 0 Å². The molecule has 78 valence electrons. The van der Waals surface area contributed by atoms with E-state index < -0.39 is 5.54 Å².